The van der Waals surface area contributed by atoms with E-state index in [1.165, 1.54) is 4.31 Å². The summed E-state index contributed by atoms with van der Waals surface area (Å²) in [5, 5.41) is 2.97. The summed E-state index contributed by atoms with van der Waals surface area (Å²) in [5.41, 5.74) is 1.01. The Bertz CT molecular complexity index is 912. The van der Waals surface area contributed by atoms with Crippen LogP contribution in [0.5, 0.6) is 0 Å². The number of hydrogen-bond acceptors (Lipinski definition) is 3. The normalized spacial score (nSPS) is 21.0. The first-order chi connectivity index (χ1) is 12.8. The maximum Gasteiger partial charge on any atom is 0.243 e. The van der Waals surface area contributed by atoms with E-state index in [-0.39, 0.29) is 12.5 Å². The van der Waals surface area contributed by atoms with Crippen molar-refractivity contribution >= 4 is 15.9 Å². The van der Waals surface area contributed by atoms with Gasteiger partial charge in [0.2, 0.25) is 15.9 Å². The van der Waals surface area contributed by atoms with Crippen molar-refractivity contribution in [2.75, 3.05) is 13.1 Å². The molecule has 1 aliphatic heterocycles. The minimum Gasteiger partial charge on any atom is -0.352 e. The van der Waals surface area contributed by atoms with Crippen LogP contribution in [0.2, 0.25) is 0 Å². The van der Waals surface area contributed by atoms with E-state index >= 15 is 0 Å². The van der Waals surface area contributed by atoms with Gasteiger partial charge in [0, 0.05) is 19.6 Å². The summed E-state index contributed by atoms with van der Waals surface area (Å²) < 4.78 is 27.6. The molecule has 1 unspecified atom stereocenters. The molecule has 1 heterocycles. The van der Waals surface area contributed by atoms with Crippen LogP contribution < -0.4 is 5.32 Å². The molecular formula is C21H26N2O3S. The van der Waals surface area contributed by atoms with Crippen LogP contribution in [0, 0.1) is 12.3 Å². The Morgan fingerprint density at radius 3 is 2.48 bits per heavy atom. The average molecular weight is 387 g/mol. The van der Waals surface area contributed by atoms with Gasteiger partial charge in [-0.2, -0.15) is 4.31 Å². The highest BCUT2D eigenvalue weighted by Gasteiger charge is 2.42. The molecule has 2 aromatic carbocycles. The van der Waals surface area contributed by atoms with E-state index in [0.717, 1.165) is 11.1 Å². The molecule has 2 aromatic rings. The van der Waals surface area contributed by atoms with E-state index in [0.29, 0.717) is 30.8 Å². The van der Waals surface area contributed by atoms with Crippen LogP contribution in [-0.2, 0) is 21.4 Å². The monoisotopic (exact) mass is 386 g/mol. The number of carbonyl (C=O) groups excluding carboxylic acids is 1. The van der Waals surface area contributed by atoms with Gasteiger partial charge in [0.25, 0.3) is 0 Å². The second-order valence-electron chi connectivity index (χ2n) is 7.44. The first-order valence-corrected chi connectivity index (χ1v) is 10.6. The molecule has 6 heteroatoms. The molecule has 0 saturated carbocycles. The number of rotatable bonds is 5. The lowest BCUT2D eigenvalue weighted by Gasteiger charge is -2.38. The summed E-state index contributed by atoms with van der Waals surface area (Å²) in [6.07, 6.45) is 1.34. The van der Waals surface area contributed by atoms with E-state index in [9.17, 15) is 13.2 Å². The molecule has 1 aliphatic rings. The third kappa shape index (κ3) is 4.22. The second-order valence-corrected chi connectivity index (χ2v) is 9.34. The average Bonchev–Trinajstić information content (AvgIpc) is 2.67. The molecule has 3 rings (SSSR count). The number of nitrogens with one attached hydrogen (secondary N) is 1. The predicted molar refractivity (Wildman–Crippen MR) is 106 cm³/mol. The van der Waals surface area contributed by atoms with Crippen molar-refractivity contribution < 1.29 is 13.2 Å². The minimum atomic E-state index is -3.61. The Labute approximate surface area is 161 Å². The number of sulfonamides is 1. The highest BCUT2D eigenvalue weighted by molar-refractivity contribution is 7.89. The number of hydrogen-bond donors (Lipinski definition) is 1. The summed E-state index contributed by atoms with van der Waals surface area (Å²) >= 11 is 0. The van der Waals surface area contributed by atoms with E-state index in [1.807, 2.05) is 43.3 Å². The number of piperidine rings is 1. The lowest BCUT2D eigenvalue weighted by Crippen LogP contribution is -2.51. The van der Waals surface area contributed by atoms with Crippen LogP contribution in [0.25, 0.3) is 0 Å². The van der Waals surface area contributed by atoms with E-state index in [1.54, 1.807) is 25.1 Å². The van der Waals surface area contributed by atoms with Crippen LogP contribution in [0.4, 0.5) is 0 Å². The zero-order chi connectivity index (χ0) is 19.5. The summed E-state index contributed by atoms with van der Waals surface area (Å²) in [6.45, 7) is 4.73. The van der Waals surface area contributed by atoms with Crippen LogP contribution in [0.1, 0.15) is 30.9 Å². The zero-order valence-electron chi connectivity index (χ0n) is 15.8. The first kappa shape index (κ1) is 19.6. The van der Waals surface area contributed by atoms with Gasteiger partial charge >= 0.3 is 0 Å². The van der Waals surface area contributed by atoms with Gasteiger partial charge in [0.05, 0.1) is 10.3 Å². The molecule has 0 aromatic heterocycles. The summed E-state index contributed by atoms with van der Waals surface area (Å²) in [4.78, 5) is 13.2. The van der Waals surface area contributed by atoms with E-state index < -0.39 is 15.4 Å². The number of nitrogens with zero attached hydrogens (tertiary/aromatic N) is 1. The van der Waals surface area contributed by atoms with Gasteiger partial charge in [-0.3, -0.25) is 4.79 Å². The molecule has 144 valence electrons. The van der Waals surface area contributed by atoms with Crippen molar-refractivity contribution in [1.29, 1.82) is 0 Å². The fourth-order valence-corrected chi connectivity index (χ4v) is 5.39. The predicted octanol–water partition coefficient (Wildman–Crippen LogP) is 3.10. The number of benzene rings is 2. The van der Waals surface area contributed by atoms with Gasteiger partial charge in [0.15, 0.2) is 0 Å². The van der Waals surface area contributed by atoms with Crippen LogP contribution in [0.3, 0.4) is 0 Å². The summed E-state index contributed by atoms with van der Waals surface area (Å²) in [6, 6.07) is 16.7. The highest BCUT2D eigenvalue weighted by atomic mass is 32.2. The van der Waals surface area contributed by atoms with Crippen molar-refractivity contribution in [2.45, 2.75) is 38.1 Å². The largest absolute Gasteiger partial charge is 0.352 e. The summed E-state index contributed by atoms with van der Waals surface area (Å²) in [7, 11) is -3.61. The molecule has 27 heavy (non-hydrogen) atoms. The third-order valence-electron chi connectivity index (χ3n) is 5.22. The molecular weight excluding hydrogens is 360 g/mol. The number of aryl methyl sites for hydroxylation is 1. The fraction of sp³-hybridized carbons (Fsp3) is 0.381. The van der Waals surface area contributed by atoms with Crippen LogP contribution in [0.15, 0.2) is 59.5 Å². The quantitative estimate of drug-likeness (QED) is 0.859. The Morgan fingerprint density at radius 2 is 1.78 bits per heavy atom. The highest BCUT2D eigenvalue weighted by Crippen LogP contribution is 2.33. The zero-order valence-corrected chi connectivity index (χ0v) is 16.6. The molecule has 0 spiro atoms. The molecule has 0 aliphatic carbocycles. The van der Waals surface area contributed by atoms with Crippen LogP contribution >= 0.6 is 0 Å². The molecule has 5 nitrogen and oxygen atoms in total. The Kier molecular flexibility index (Phi) is 5.67. The van der Waals surface area contributed by atoms with Gasteiger partial charge in [0.1, 0.15) is 0 Å². The first-order valence-electron chi connectivity index (χ1n) is 9.21. The van der Waals surface area contributed by atoms with E-state index in [4.69, 9.17) is 0 Å². The molecule has 0 radical (unpaired) electrons. The smallest absolute Gasteiger partial charge is 0.243 e. The van der Waals surface area contributed by atoms with Gasteiger partial charge in [-0.25, -0.2) is 8.42 Å². The maximum atomic E-state index is 13.1. The van der Waals surface area contributed by atoms with Crippen molar-refractivity contribution in [3.63, 3.8) is 0 Å². The fourth-order valence-electron chi connectivity index (χ4n) is 3.56. The standard InChI is InChI=1S/C21H26N2O3S/c1-17-9-6-7-12-19(17)27(25,26)23-14-8-13-21(2,16-23)20(24)22-15-18-10-4-3-5-11-18/h3-7,9-12H,8,13-16H2,1-2H3,(H,22,24). The van der Waals surface area contributed by atoms with Crippen molar-refractivity contribution in [3.05, 3.63) is 65.7 Å². The van der Waals surface area contributed by atoms with Crippen molar-refractivity contribution in [1.82, 2.24) is 9.62 Å². The molecule has 1 saturated heterocycles. The topological polar surface area (TPSA) is 66.5 Å². The Hall–Kier alpha value is -2.18. The van der Waals surface area contributed by atoms with Gasteiger partial charge in [-0.1, -0.05) is 48.5 Å². The maximum absolute atomic E-state index is 13.1. The number of carbonyl (C=O) groups is 1. The second kappa shape index (κ2) is 7.82. The minimum absolute atomic E-state index is 0.101. The van der Waals surface area contributed by atoms with Crippen LogP contribution in [-0.4, -0.2) is 31.7 Å². The lowest BCUT2D eigenvalue weighted by molar-refractivity contribution is -0.132. The summed E-state index contributed by atoms with van der Waals surface area (Å²) in [5.74, 6) is -0.101. The molecule has 1 fully saturated rings. The van der Waals surface area contributed by atoms with Gasteiger partial charge in [-0.15, -0.1) is 0 Å². The van der Waals surface area contributed by atoms with Crippen molar-refractivity contribution in [2.24, 2.45) is 5.41 Å². The van der Waals surface area contributed by atoms with Gasteiger partial charge in [-0.05, 0) is 43.9 Å². The SMILES string of the molecule is Cc1ccccc1S(=O)(=O)N1CCCC(C)(C(=O)NCc2ccccc2)C1. The Morgan fingerprint density at radius 1 is 1.11 bits per heavy atom. The van der Waals surface area contributed by atoms with Crippen molar-refractivity contribution in [3.8, 4) is 0 Å². The van der Waals surface area contributed by atoms with Gasteiger partial charge < -0.3 is 5.32 Å². The molecule has 1 amide bonds. The molecule has 0 bridgehead atoms. The lowest BCUT2D eigenvalue weighted by atomic mass is 9.82. The number of amides is 1. The molecule has 1 atom stereocenters. The Balaban J connectivity index is 1.74. The molecule has 1 N–H and O–H groups in total. The third-order valence-corrected chi connectivity index (χ3v) is 7.22. The van der Waals surface area contributed by atoms with E-state index in [2.05, 4.69) is 5.32 Å².